The van der Waals surface area contributed by atoms with Crippen LogP contribution in [0.3, 0.4) is 0 Å². The molecule has 4 rings (SSSR count). The van der Waals surface area contributed by atoms with Gasteiger partial charge in [0.25, 0.3) is 0 Å². The van der Waals surface area contributed by atoms with Crippen LogP contribution in [-0.2, 0) is 4.79 Å². The molecule has 2 fully saturated rings. The average molecular weight is 350 g/mol. The molecule has 2 atom stereocenters. The molecule has 0 spiro atoms. The Balaban J connectivity index is 1.44. The van der Waals surface area contributed by atoms with Gasteiger partial charge in [-0.1, -0.05) is 11.6 Å². The van der Waals surface area contributed by atoms with Gasteiger partial charge in [-0.25, -0.2) is 0 Å². The lowest BCUT2D eigenvalue weighted by atomic mass is 9.98. The first kappa shape index (κ1) is 16.0. The first-order valence-electron chi connectivity index (χ1n) is 8.79. The van der Waals surface area contributed by atoms with E-state index in [-0.39, 0.29) is 5.91 Å². The van der Waals surface area contributed by atoms with E-state index in [2.05, 4.69) is 10.2 Å². The summed E-state index contributed by atoms with van der Waals surface area (Å²) in [6.07, 6.45) is 4.64. The first-order chi connectivity index (χ1) is 11.6. The number of anilines is 1. The summed E-state index contributed by atoms with van der Waals surface area (Å²) in [6, 6.07) is 7.12. The highest BCUT2D eigenvalue weighted by atomic mass is 35.5. The molecule has 5 nitrogen and oxygen atoms in total. The summed E-state index contributed by atoms with van der Waals surface area (Å²) < 4.78 is 5.67. The largest absolute Gasteiger partial charge is 0.490 e. The highest BCUT2D eigenvalue weighted by Gasteiger charge is 2.36. The molecule has 1 amide bonds. The quantitative estimate of drug-likeness (QED) is 0.909. The molecular weight excluding hydrogens is 326 g/mol. The topological polar surface area (TPSA) is 44.8 Å². The van der Waals surface area contributed by atoms with Gasteiger partial charge >= 0.3 is 0 Å². The summed E-state index contributed by atoms with van der Waals surface area (Å²) in [5, 5.41) is 4.30. The van der Waals surface area contributed by atoms with E-state index >= 15 is 0 Å². The van der Waals surface area contributed by atoms with E-state index in [1.54, 1.807) is 0 Å². The monoisotopic (exact) mass is 349 g/mol. The van der Waals surface area contributed by atoms with Gasteiger partial charge in [0.2, 0.25) is 5.91 Å². The van der Waals surface area contributed by atoms with Gasteiger partial charge in [-0.15, -0.1) is 0 Å². The van der Waals surface area contributed by atoms with Gasteiger partial charge in [0.1, 0.15) is 12.4 Å². The normalized spacial score (nSPS) is 28.2. The van der Waals surface area contributed by atoms with Crippen LogP contribution in [0.4, 0.5) is 5.69 Å². The number of benzene rings is 1. The summed E-state index contributed by atoms with van der Waals surface area (Å²) in [7, 11) is 1.96. The molecule has 3 aliphatic heterocycles. The lowest BCUT2D eigenvalue weighted by Gasteiger charge is -2.37. The maximum atomic E-state index is 12.8. The number of piperidine rings is 1. The zero-order valence-corrected chi connectivity index (χ0v) is 14.8. The van der Waals surface area contributed by atoms with Gasteiger partial charge in [-0.3, -0.25) is 4.79 Å². The molecule has 24 heavy (non-hydrogen) atoms. The first-order valence-corrected chi connectivity index (χ1v) is 9.17. The van der Waals surface area contributed by atoms with Gasteiger partial charge in [-0.2, -0.15) is 0 Å². The molecule has 2 saturated heterocycles. The number of hydrogen-bond donors (Lipinski definition) is 1. The third-order valence-electron chi connectivity index (χ3n) is 5.60. The van der Waals surface area contributed by atoms with Gasteiger partial charge in [-0.05, 0) is 43.9 Å². The maximum Gasteiger partial charge on any atom is 0.242 e. The van der Waals surface area contributed by atoms with Crippen molar-refractivity contribution in [3.63, 3.8) is 0 Å². The molecule has 0 radical (unpaired) electrons. The van der Waals surface area contributed by atoms with Crippen molar-refractivity contribution in [3.05, 3.63) is 23.2 Å². The van der Waals surface area contributed by atoms with Gasteiger partial charge in [0.05, 0.1) is 18.8 Å². The van der Waals surface area contributed by atoms with Crippen LogP contribution in [0.1, 0.15) is 25.7 Å². The summed E-state index contributed by atoms with van der Waals surface area (Å²) in [5.41, 5.74) is 0.917. The maximum absolute atomic E-state index is 12.8. The zero-order valence-electron chi connectivity index (χ0n) is 14.0. The summed E-state index contributed by atoms with van der Waals surface area (Å²) in [6.45, 7) is 1.69. The smallest absolute Gasteiger partial charge is 0.242 e. The van der Waals surface area contributed by atoms with Crippen LogP contribution < -0.4 is 15.0 Å². The Morgan fingerprint density at radius 1 is 1.38 bits per heavy atom. The molecule has 0 aromatic heterocycles. The minimum Gasteiger partial charge on any atom is -0.490 e. The predicted octanol–water partition coefficient (Wildman–Crippen LogP) is 2.28. The van der Waals surface area contributed by atoms with E-state index in [1.807, 2.05) is 30.1 Å². The summed E-state index contributed by atoms with van der Waals surface area (Å²) in [5.74, 6) is 0.982. The van der Waals surface area contributed by atoms with Crippen LogP contribution in [0, 0.1) is 0 Å². The standard InChI is InChI=1S/C18H24ClN3O2/c1-21(15-9-13-3-4-14(10-15)20-13)18(23)11-22-6-7-24-17-5-2-12(19)8-16(17)22/h2,5,8,13-15,20H,3-4,6-7,9-11H2,1H3. The molecule has 1 N–H and O–H groups in total. The Kier molecular flexibility index (Phi) is 4.31. The van der Waals surface area contributed by atoms with Gasteiger partial charge < -0.3 is 19.9 Å². The number of fused-ring (bicyclic) bond motifs is 3. The second-order valence-corrected chi connectivity index (χ2v) is 7.59. The van der Waals surface area contributed by atoms with E-state index in [4.69, 9.17) is 16.3 Å². The number of likely N-dealkylation sites (N-methyl/N-ethyl adjacent to an activating group) is 1. The van der Waals surface area contributed by atoms with Crippen LogP contribution in [0.15, 0.2) is 18.2 Å². The number of amides is 1. The van der Waals surface area contributed by atoms with Crippen LogP contribution in [0.5, 0.6) is 5.75 Å². The Morgan fingerprint density at radius 2 is 2.12 bits per heavy atom. The fourth-order valence-electron chi connectivity index (χ4n) is 4.23. The minimum absolute atomic E-state index is 0.175. The number of nitrogens with zero attached hydrogens (tertiary/aromatic N) is 2. The van der Waals surface area contributed by atoms with Crippen molar-refractivity contribution in [3.8, 4) is 5.75 Å². The molecule has 1 aromatic carbocycles. The Labute approximate surface area is 147 Å². The minimum atomic E-state index is 0.175. The highest BCUT2D eigenvalue weighted by Crippen LogP contribution is 2.34. The summed E-state index contributed by atoms with van der Waals surface area (Å²) in [4.78, 5) is 16.9. The van der Waals surface area contributed by atoms with E-state index in [9.17, 15) is 4.79 Å². The number of carbonyl (C=O) groups is 1. The number of halogens is 1. The molecule has 2 unspecified atom stereocenters. The molecule has 1 aromatic rings. The lowest BCUT2D eigenvalue weighted by Crippen LogP contribution is -2.51. The van der Waals surface area contributed by atoms with Crippen molar-refractivity contribution in [2.45, 2.75) is 43.8 Å². The second-order valence-electron chi connectivity index (χ2n) is 7.15. The number of carbonyl (C=O) groups excluding carboxylic acids is 1. The number of hydrogen-bond acceptors (Lipinski definition) is 4. The lowest BCUT2D eigenvalue weighted by molar-refractivity contribution is -0.131. The van der Waals surface area contributed by atoms with Crippen LogP contribution in [0.25, 0.3) is 0 Å². The van der Waals surface area contributed by atoms with Crippen molar-refractivity contribution >= 4 is 23.2 Å². The number of rotatable bonds is 3. The molecule has 0 saturated carbocycles. The van der Waals surface area contributed by atoms with E-state index in [1.165, 1.54) is 12.8 Å². The Morgan fingerprint density at radius 3 is 2.88 bits per heavy atom. The van der Waals surface area contributed by atoms with E-state index in [0.29, 0.717) is 42.8 Å². The predicted molar refractivity (Wildman–Crippen MR) is 94.9 cm³/mol. The third kappa shape index (κ3) is 3.07. The van der Waals surface area contributed by atoms with Crippen molar-refractivity contribution in [2.75, 3.05) is 31.6 Å². The molecule has 6 heteroatoms. The fraction of sp³-hybridized carbons (Fsp3) is 0.611. The molecule has 2 bridgehead atoms. The molecular formula is C18H24ClN3O2. The van der Waals surface area contributed by atoms with Crippen LogP contribution >= 0.6 is 11.6 Å². The van der Waals surface area contributed by atoms with E-state index in [0.717, 1.165) is 24.3 Å². The molecule has 130 valence electrons. The highest BCUT2D eigenvalue weighted by molar-refractivity contribution is 6.31. The SMILES string of the molecule is CN(C(=O)CN1CCOc2ccc(Cl)cc21)C1CC2CCC(C1)N2. The van der Waals surface area contributed by atoms with E-state index < -0.39 is 0 Å². The Bertz CT molecular complexity index is 627. The van der Waals surface area contributed by atoms with Gasteiger partial charge in [0, 0.05) is 30.2 Å². The molecule has 0 aliphatic carbocycles. The number of ether oxygens (including phenoxy) is 1. The van der Waals surface area contributed by atoms with Crippen molar-refractivity contribution < 1.29 is 9.53 Å². The fourth-order valence-corrected chi connectivity index (χ4v) is 4.40. The second kappa shape index (κ2) is 6.45. The third-order valence-corrected chi connectivity index (χ3v) is 5.83. The Hall–Kier alpha value is -1.46. The summed E-state index contributed by atoms with van der Waals surface area (Å²) >= 11 is 6.12. The number of nitrogens with one attached hydrogen (secondary N) is 1. The van der Waals surface area contributed by atoms with Crippen molar-refractivity contribution in [2.24, 2.45) is 0 Å². The van der Waals surface area contributed by atoms with Crippen molar-refractivity contribution in [1.82, 2.24) is 10.2 Å². The molecule has 3 heterocycles. The zero-order chi connectivity index (χ0) is 16.7. The van der Waals surface area contributed by atoms with Crippen molar-refractivity contribution in [1.29, 1.82) is 0 Å². The van der Waals surface area contributed by atoms with Crippen LogP contribution in [0.2, 0.25) is 5.02 Å². The molecule has 3 aliphatic rings. The van der Waals surface area contributed by atoms with Gasteiger partial charge in [0.15, 0.2) is 0 Å². The van der Waals surface area contributed by atoms with Crippen LogP contribution in [-0.4, -0.2) is 55.7 Å². The average Bonchev–Trinajstić information content (AvgIpc) is 2.92.